The first-order valence-corrected chi connectivity index (χ1v) is 4.74. The van der Waals surface area contributed by atoms with Gasteiger partial charge in [-0.1, -0.05) is 12.7 Å². The van der Waals surface area contributed by atoms with Gasteiger partial charge in [-0.25, -0.2) is 0 Å². The van der Waals surface area contributed by atoms with Gasteiger partial charge >= 0.3 is 0 Å². The lowest BCUT2D eigenvalue weighted by Gasteiger charge is -2.32. The monoisotopic (exact) mass is 206 g/mol. The van der Waals surface area contributed by atoms with Crippen molar-refractivity contribution in [1.29, 1.82) is 0 Å². The summed E-state index contributed by atoms with van der Waals surface area (Å²) in [7, 11) is 5.74. The van der Waals surface area contributed by atoms with Crippen LogP contribution in [0.25, 0.3) is 0 Å². The van der Waals surface area contributed by atoms with Gasteiger partial charge in [-0.3, -0.25) is 0 Å². The summed E-state index contributed by atoms with van der Waals surface area (Å²) in [6.45, 7) is 6.53. The molecule has 80 valence electrons. The molecule has 2 radical (unpaired) electrons. The first-order valence-electron chi connectivity index (χ1n) is 4.74. The first-order chi connectivity index (χ1) is 6.96. The summed E-state index contributed by atoms with van der Waals surface area (Å²) in [5.74, 6) is -0.665. The Morgan fingerprint density at radius 3 is 2.53 bits per heavy atom. The van der Waals surface area contributed by atoms with Crippen LogP contribution in [0.3, 0.4) is 0 Å². The van der Waals surface area contributed by atoms with Crippen molar-refractivity contribution in [2.24, 2.45) is 5.41 Å². The van der Waals surface area contributed by atoms with Gasteiger partial charge in [-0.2, -0.15) is 0 Å². The second kappa shape index (κ2) is 3.99. The summed E-state index contributed by atoms with van der Waals surface area (Å²) in [5, 5.41) is 29.4. The Hall–Kier alpha value is -0.795. The lowest BCUT2D eigenvalue weighted by molar-refractivity contribution is -0.0627. The van der Waals surface area contributed by atoms with Gasteiger partial charge in [0.2, 0.25) is 0 Å². The molecule has 0 aliphatic heterocycles. The maximum absolute atomic E-state index is 10.1. The number of hydrogen-bond acceptors (Lipinski definition) is 3. The van der Waals surface area contributed by atoms with Crippen molar-refractivity contribution in [3.63, 3.8) is 0 Å². The van der Waals surface area contributed by atoms with E-state index in [0.29, 0.717) is 0 Å². The van der Waals surface area contributed by atoms with E-state index < -0.39 is 22.9 Å². The van der Waals surface area contributed by atoms with Gasteiger partial charge in [-0.05, 0) is 18.3 Å². The number of aliphatic hydroxyl groups excluding tert-OH is 2. The maximum atomic E-state index is 10.1. The fourth-order valence-corrected chi connectivity index (χ4v) is 2.15. The van der Waals surface area contributed by atoms with Crippen LogP contribution in [0.1, 0.15) is 6.42 Å². The van der Waals surface area contributed by atoms with Crippen LogP contribution in [0.4, 0.5) is 0 Å². The zero-order valence-electron chi connectivity index (χ0n) is 8.56. The molecule has 0 heterocycles. The second-order valence-corrected chi connectivity index (χ2v) is 4.04. The van der Waals surface area contributed by atoms with E-state index in [1.165, 1.54) is 12.2 Å². The molecular formula is C11H15BO3. The molecular weight excluding hydrogens is 191 g/mol. The van der Waals surface area contributed by atoms with Crippen molar-refractivity contribution in [3.05, 3.63) is 31.0 Å². The molecule has 0 amide bonds. The molecule has 0 bridgehead atoms. The van der Waals surface area contributed by atoms with Crippen molar-refractivity contribution in [3.8, 4) is 0 Å². The molecule has 3 N–H and O–H groups in total. The lowest BCUT2D eigenvalue weighted by Crippen LogP contribution is -2.45. The highest BCUT2D eigenvalue weighted by Crippen LogP contribution is 2.51. The molecule has 0 aromatic heterocycles. The summed E-state index contributed by atoms with van der Waals surface area (Å²) in [6.07, 6.45) is 1.74. The Balaban J connectivity index is 3.17. The van der Waals surface area contributed by atoms with Crippen molar-refractivity contribution >= 4 is 7.85 Å². The SMILES string of the molecule is [B][C@@H]1C[C@](C=C=C)(CO)[C@H](O)C1(O)C=C. The minimum absolute atomic E-state index is 0.260. The molecule has 1 aliphatic carbocycles. The van der Waals surface area contributed by atoms with Gasteiger partial charge in [0.05, 0.1) is 20.6 Å². The van der Waals surface area contributed by atoms with E-state index in [0.717, 1.165) is 0 Å². The van der Waals surface area contributed by atoms with Gasteiger partial charge in [0.25, 0.3) is 0 Å². The zero-order valence-corrected chi connectivity index (χ0v) is 8.56. The number of rotatable bonds is 3. The Morgan fingerprint density at radius 2 is 2.20 bits per heavy atom. The van der Waals surface area contributed by atoms with Crippen LogP contribution >= 0.6 is 0 Å². The third-order valence-corrected chi connectivity index (χ3v) is 3.19. The minimum atomic E-state index is -1.57. The summed E-state index contributed by atoms with van der Waals surface area (Å²) in [5.41, 5.74) is -0.0371. The lowest BCUT2D eigenvalue weighted by atomic mass is 9.75. The van der Waals surface area contributed by atoms with E-state index in [1.54, 1.807) is 0 Å². The maximum Gasteiger partial charge on any atom is 0.104 e. The van der Waals surface area contributed by atoms with Gasteiger partial charge in [-0.15, -0.1) is 12.3 Å². The predicted octanol–water partition coefficient (Wildman–Crippen LogP) is -0.0551. The molecule has 1 fully saturated rings. The van der Waals surface area contributed by atoms with Crippen molar-refractivity contribution in [2.75, 3.05) is 6.61 Å². The van der Waals surface area contributed by atoms with Crippen molar-refractivity contribution in [1.82, 2.24) is 0 Å². The van der Waals surface area contributed by atoms with Crippen molar-refractivity contribution < 1.29 is 15.3 Å². The van der Waals surface area contributed by atoms with Crippen LogP contribution < -0.4 is 0 Å². The normalized spacial score (nSPS) is 44.7. The third kappa shape index (κ3) is 1.60. The van der Waals surface area contributed by atoms with E-state index in [1.807, 2.05) is 0 Å². The average Bonchev–Trinajstić information content (AvgIpc) is 2.42. The largest absolute Gasteiger partial charge is 0.395 e. The predicted molar refractivity (Wildman–Crippen MR) is 58.5 cm³/mol. The summed E-state index contributed by atoms with van der Waals surface area (Å²) in [4.78, 5) is 0. The van der Waals surface area contributed by atoms with Crippen LogP contribution in [-0.2, 0) is 0 Å². The summed E-state index contributed by atoms with van der Waals surface area (Å²) >= 11 is 0. The van der Waals surface area contributed by atoms with Crippen LogP contribution in [-0.4, -0.2) is 41.5 Å². The molecule has 15 heavy (non-hydrogen) atoms. The standard InChI is InChI=1S/C11H15BO3/c1-3-5-10(7-13)6-8(12)11(15,4-2)9(10)14/h4-5,8-9,13-15H,1-2,6-7H2/t8-,9+,10-,11?/m1/s1. The number of aliphatic hydroxyl groups is 3. The quantitative estimate of drug-likeness (QED) is 0.344. The highest BCUT2D eigenvalue weighted by atomic mass is 16.3. The van der Waals surface area contributed by atoms with Crippen LogP contribution in [0.15, 0.2) is 31.0 Å². The van der Waals surface area contributed by atoms with Gasteiger partial charge in [0, 0.05) is 5.41 Å². The molecule has 0 aromatic rings. The molecule has 0 spiro atoms. The van der Waals surface area contributed by atoms with Crippen LogP contribution in [0.5, 0.6) is 0 Å². The van der Waals surface area contributed by atoms with Gasteiger partial charge < -0.3 is 15.3 Å². The topological polar surface area (TPSA) is 60.7 Å². The Labute approximate surface area is 90.8 Å². The van der Waals surface area contributed by atoms with E-state index in [2.05, 4.69) is 18.9 Å². The molecule has 4 atom stereocenters. The molecule has 1 saturated carbocycles. The zero-order chi connectivity index (χ0) is 11.7. The highest BCUT2D eigenvalue weighted by molar-refractivity contribution is 6.13. The molecule has 0 aromatic carbocycles. The fraction of sp³-hybridized carbons (Fsp3) is 0.545. The molecule has 1 unspecified atom stereocenters. The number of hydrogen-bond donors (Lipinski definition) is 3. The smallest absolute Gasteiger partial charge is 0.104 e. The molecule has 0 saturated heterocycles. The van der Waals surface area contributed by atoms with Gasteiger partial charge in [0.1, 0.15) is 5.60 Å². The van der Waals surface area contributed by atoms with E-state index in [-0.39, 0.29) is 13.0 Å². The van der Waals surface area contributed by atoms with E-state index in [9.17, 15) is 15.3 Å². The van der Waals surface area contributed by atoms with Crippen LogP contribution in [0, 0.1) is 5.41 Å². The molecule has 4 heteroatoms. The molecule has 1 aliphatic rings. The van der Waals surface area contributed by atoms with Gasteiger partial charge in [0.15, 0.2) is 0 Å². The highest BCUT2D eigenvalue weighted by Gasteiger charge is 2.56. The molecule has 1 rings (SSSR count). The van der Waals surface area contributed by atoms with E-state index in [4.69, 9.17) is 7.85 Å². The third-order valence-electron chi connectivity index (χ3n) is 3.19. The summed E-state index contributed by atoms with van der Waals surface area (Å²) in [6, 6.07) is 0. The second-order valence-electron chi connectivity index (χ2n) is 4.04. The van der Waals surface area contributed by atoms with Crippen LogP contribution in [0.2, 0.25) is 5.82 Å². The minimum Gasteiger partial charge on any atom is -0.395 e. The van der Waals surface area contributed by atoms with Crippen molar-refractivity contribution in [2.45, 2.75) is 23.9 Å². The first kappa shape index (κ1) is 12.3. The Bertz CT molecular complexity index is 311. The summed E-state index contributed by atoms with van der Waals surface area (Å²) < 4.78 is 0. The fourth-order valence-electron chi connectivity index (χ4n) is 2.15. The Kier molecular flexibility index (Phi) is 3.26. The average molecular weight is 206 g/mol. The molecule has 3 nitrogen and oxygen atoms in total. The Morgan fingerprint density at radius 1 is 1.60 bits per heavy atom. The van der Waals surface area contributed by atoms with E-state index >= 15 is 0 Å².